The highest BCUT2D eigenvalue weighted by molar-refractivity contribution is 9.10. The predicted molar refractivity (Wildman–Crippen MR) is 85.7 cm³/mol. The number of halogens is 1. The Morgan fingerprint density at radius 1 is 1.15 bits per heavy atom. The molecule has 1 aromatic carbocycles. The Morgan fingerprint density at radius 2 is 1.80 bits per heavy atom. The van der Waals surface area contributed by atoms with Crippen molar-refractivity contribution in [2.45, 2.75) is 38.7 Å². The molecule has 0 spiro atoms. The number of hydrogen-bond donors (Lipinski definition) is 1. The third-order valence-electron chi connectivity index (χ3n) is 3.35. The average molecular weight is 334 g/mol. The van der Waals surface area contributed by atoms with E-state index in [1.807, 2.05) is 18.2 Å². The van der Waals surface area contributed by atoms with Crippen LogP contribution >= 0.6 is 15.9 Å². The molecule has 0 aliphatic carbocycles. The molecular formula is C17H20BrNO. The Bertz CT molecular complexity index is 572. The van der Waals surface area contributed by atoms with Crippen molar-refractivity contribution >= 4 is 15.9 Å². The lowest BCUT2D eigenvalue weighted by molar-refractivity contribution is 0.178. The standard InChI is InChI=1S/C17H20BrNO/c1-17(2,3)14-6-4-13(5-7-14)16(20)9-12-8-15(18)11-19-10-12/h4-8,10-11,16,20H,9H2,1-3H3. The molecule has 0 amide bonds. The van der Waals surface area contributed by atoms with Crippen LogP contribution in [0.1, 0.15) is 43.6 Å². The van der Waals surface area contributed by atoms with E-state index in [2.05, 4.69) is 53.8 Å². The van der Waals surface area contributed by atoms with Crippen molar-refractivity contribution in [3.8, 4) is 0 Å². The van der Waals surface area contributed by atoms with Gasteiger partial charge in [0.05, 0.1) is 6.10 Å². The highest BCUT2D eigenvalue weighted by Gasteiger charge is 2.15. The van der Waals surface area contributed by atoms with Crippen molar-refractivity contribution in [3.63, 3.8) is 0 Å². The van der Waals surface area contributed by atoms with Gasteiger partial charge >= 0.3 is 0 Å². The zero-order chi connectivity index (χ0) is 14.8. The second-order valence-electron chi connectivity index (χ2n) is 6.10. The molecular weight excluding hydrogens is 314 g/mol. The van der Waals surface area contributed by atoms with E-state index in [-0.39, 0.29) is 5.41 Å². The highest BCUT2D eigenvalue weighted by Crippen LogP contribution is 2.25. The number of benzene rings is 1. The topological polar surface area (TPSA) is 33.1 Å². The summed E-state index contributed by atoms with van der Waals surface area (Å²) in [6, 6.07) is 10.2. The minimum absolute atomic E-state index is 0.137. The number of aliphatic hydroxyl groups is 1. The SMILES string of the molecule is CC(C)(C)c1ccc(C(O)Cc2cncc(Br)c2)cc1. The first-order valence-corrected chi connectivity index (χ1v) is 7.53. The molecule has 20 heavy (non-hydrogen) atoms. The van der Waals surface area contributed by atoms with Crippen LogP contribution in [0.15, 0.2) is 47.2 Å². The number of aromatic nitrogens is 1. The van der Waals surface area contributed by atoms with E-state index in [4.69, 9.17) is 0 Å². The minimum Gasteiger partial charge on any atom is -0.388 e. The lowest BCUT2D eigenvalue weighted by Crippen LogP contribution is -2.11. The molecule has 2 aromatic rings. The van der Waals surface area contributed by atoms with E-state index in [1.54, 1.807) is 12.4 Å². The predicted octanol–water partition coefficient (Wildman–Crippen LogP) is 4.42. The molecule has 2 nitrogen and oxygen atoms in total. The van der Waals surface area contributed by atoms with Gasteiger partial charge in [0.15, 0.2) is 0 Å². The summed E-state index contributed by atoms with van der Waals surface area (Å²) in [5.41, 5.74) is 3.37. The highest BCUT2D eigenvalue weighted by atomic mass is 79.9. The molecule has 0 saturated heterocycles. The van der Waals surface area contributed by atoms with Crippen LogP contribution in [0.2, 0.25) is 0 Å². The van der Waals surface area contributed by atoms with Crippen LogP contribution in [0, 0.1) is 0 Å². The molecule has 1 aromatic heterocycles. The van der Waals surface area contributed by atoms with E-state index in [0.717, 1.165) is 15.6 Å². The molecule has 0 radical (unpaired) electrons. The van der Waals surface area contributed by atoms with Crippen LogP contribution in [0.4, 0.5) is 0 Å². The van der Waals surface area contributed by atoms with Gasteiger partial charge in [0.25, 0.3) is 0 Å². The molecule has 0 aliphatic heterocycles. The van der Waals surface area contributed by atoms with Gasteiger partial charge in [-0.15, -0.1) is 0 Å². The van der Waals surface area contributed by atoms with Crippen molar-refractivity contribution in [2.75, 3.05) is 0 Å². The maximum Gasteiger partial charge on any atom is 0.0830 e. The van der Waals surface area contributed by atoms with Crippen LogP contribution in [0.25, 0.3) is 0 Å². The van der Waals surface area contributed by atoms with Gasteiger partial charge in [-0.1, -0.05) is 45.0 Å². The summed E-state index contributed by atoms with van der Waals surface area (Å²) >= 11 is 3.40. The van der Waals surface area contributed by atoms with Crippen LogP contribution < -0.4 is 0 Å². The Hall–Kier alpha value is -1.19. The van der Waals surface area contributed by atoms with E-state index < -0.39 is 6.10 Å². The molecule has 106 valence electrons. The zero-order valence-electron chi connectivity index (χ0n) is 12.1. The van der Waals surface area contributed by atoms with Gasteiger partial charge in [-0.25, -0.2) is 0 Å². The third-order valence-corrected chi connectivity index (χ3v) is 3.79. The monoisotopic (exact) mass is 333 g/mol. The van der Waals surface area contributed by atoms with Crippen LogP contribution in [-0.4, -0.2) is 10.1 Å². The van der Waals surface area contributed by atoms with E-state index in [9.17, 15) is 5.11 Å². The molecule has 1 unspecified atom stereocenters. The molecule has 1 heterocycles. The summed E-state index contributed by atoms with van der Waals surface area (Å²) < 4.78 is 0.935. The molecule has 0 fully saturated rings. The van der Waals surface area contributed by atoms with Crippen LogP contribution in [0.5, 0.6) is 0 Å². The second-order valence-corrected chi connectivity index (χ2v) is 7.02. The summed E-state index contributed by atoms with van der Waals surface area (Å²) in [6.45, 7) is 6.56. The summed E-state index contributed by atoms with van der Waals surface area (Å²) in [6.07, 6.45) is 3.60. The minimum atomic E-state index is -0.500. The van der Waals surface area contributed by atoms with Gasteiger partial charge in [0.1, 0.15) is 0 Å². The van der Waals surface area contributed by atoms with Crippen molar-refractivity contribution in [2.24, 2.45) is 0 Å². The first-order valence-electron chi connectivity index (χ1n) is 6.74. The fourth-order valence-corrected chi connectivity index (χ4v) is 2.53. The van der Waals surface area contributed by atoms with Gasteiger partial charge in [-0.05, 0) is 44.1 Å². The number of pyridine rings is 1. The van der Waals surface area contributed by atoms with Gasteiger partial charge in [-0.3, -0.25) is 4.98 Å². The van der Waals surface area contributed by atoms with Gasteiger partial charge in [-0.2, -0.15) is 0 Å². The number of aliphatic hydroxyl groups excluding tert-OH is 1. The van der Waals surface area contributed by atoms with E-state index in [0.29, 0.717) is 6.42 Å². The van der Waals surface area contributed by atoms with Crippen LogP contribution in [0.3, 0.4) is 0 Å². The molecule has 2 rings (SSSR count). The first-order chi connectivity index (χ1) is 9.36. The fraction of sp³-hybridized carbons (Fsp3) is 0.353. The van der Waals surface area contributed by atoms with Crippen molar-refractivity contribution in [3.05, 3.63) is 63.9 Å². The maximum atomic E-state index is 10.3. The lowest BCUT2D eigenvalue weighted by Gasteiger charge is -2.20. The molecule has 3 heteroatoms. The van der Waals surface area contributed by atoms with Crippen molar-refractivity contribution < 1.29 is 5.11 Å². The third kappa shape index (κ3) is 3.90. The van der Waals surface area contributed by atoms with Gasteiger partial charge in [0, 0.05) is 23.3 Å². The van der Waals surface area contributed by atoms with E-state index >= 15 is 0 Å². The Labute approximate surface area is 129 Å². The summed E-state index contributed by atoms with van der Waals surface area (Å²) in [5.74, 6) is 0. The second kappa shape index (κ2) is 6.06. The number of hydrogen-bond acceptors (Lipinski definition) is 2. The Kier molecular flexibility index (Phi) is 4.61. The molecule has 0 aliphatic rings. The van der Waals surface area contributed by atoms with Crippen molar-refractivity contribution in [1.82, 2.24) is 4.98 Å². The summed E-state index contributed by atoms with van der Waals surface area (Å²) in [7, 11) is 0. The summed E-state index contributed by atoms with van der Waals surface area (Å²) in [4.78, 5) is 4.12. The fourth-order valence-electron chi connectivity index (χ4n) is 2.11. The zero-order valence-corrected chi connectivity index (χ0v) is 13.7. The van der Waals surface area contributed by atoms with Crippen molar-refractivity contribution in [1.29, 1.82) is 0 Å². The van der Waals surface area contributed by atoms with Gasteiger partial charge in [0.2, 0.25) is 0 Å². The Morgan fingerprint density at radius 3 is 2.35 bits per heavy atom. The quantitative estimate of drug-likeness (QED) is 0.901. The first kappa shape index (κ1) is 15.2. The smallest absolute Gasteiger partial charge is 0.0830 e. The largest absolute Gasteiger partial charge is 0.388 e. The van der Waals surface area contributed by atoms with Crippen LogP contribution in [-0.2, 0) is 11.8 Å². The van der Waals surface area contributed by atoms with E-state index in [1.165, 1.54) is 5.56 Å². The number of nitrogens with zero attached hydrogens (tertiary/aromatic N) is 1. The summed E-state index contributed by atoms with van der Waals surface area (Å²) in [5, 5.41) is 10.3. The molecule has 0 saturated carbocycles. The molecule has 0 bridgehead atoms. The normalized spacial score (nSPS) is 13.2. The lowest BCUT2D eigenvalue weighted by atomic mass is 9.86. The molecule has 1 atom stereocenters. The van der Waals surface area contributed by atoms with Gasteiger partial charge < -0.3 is 5.11 Å². The number of rotatable bonds is 3. The Balaban J connectivity index is 2.11. The molecule has 1 N–H and O–H groups in total. The maximum absolute atomic E-state index is 10.3. The average Bonchev–Trinajstić information content (AvgIpc) is 2.38.